The van der Waals surface area contributed by atoms with Crippen molar-refractivity contribution in [1.82, 2.24) is 10.3 Å². The largest absolute Gasteiger partial charge is 0.463 e. The molecule has 0 saturated carbocycles. The van der Waals surface area contributed by atoms with Gasteiger partial charge in [-0.15, -0.1) is 0 Å². The number of nitrogens with one attached hydrogen (secondary N) is 1. The Morgan fingerprint density at radius 3 is 2.03 bits per heavy atom. The van der Waals surface area contributed by atoms with E-state index in [1.54, 1.807) is 13.0 Å². The molecule has 1 saturated heterocycles. The van der Waals surface area contributed by atoms with E-state index in [4.69, 9.17) is 47.6 Å². The van der Waals surface area contributed by atoms with Crippen LogP contribution < -0.4 is 5.32 Å². The Morgan fingerprint density at radius 2 is 1.43 bits per heavy atom. The number of carbonyl (C=O) groups excluding carboxylic acids is 5. The van der Waals surface area contributed by atoms with Crippen LogP contribution in [0, 0.1) is 0 Å². The fourth-order valence-corrected chi connectivity index (χ4v) is 9.99. The summed E-state index contributed by atoms with van der Waals surface area (Å²) >= 11 is 0. The lowest BCUT2D eigenvalue weighted by molar-refractivity contribution is -0.180. The summed E-state index contributed by atoms with van der Waals surface area (Å²) in [6, 6.07) is 9.76. The summed E-state index contributed by atoms with van der Waals surface area (Å²) in [7, 11) is 3.91. The Hall–Kier alpha value is -4.04. The van der Waals surface area contributed by atoms with E-state index in [0.717, 1.165) is 34.6 Å². The first kappa shape index (κ1) is 50.0. The van der Waals surface area contributed by atoms with E-state index in [9.17, 15) is 24.0 Å². The highest BCUT2D eigenvalue weighted by Crippen LogP contribution is 2.40. The van der Waals surface area contributed by atoms with Crippen LogP contribution in [0.2, 0.25) is 0 Å². The standard InChI is InChI=1S/C45H60N2O14S2/c1-2-45(37(35(31-48)32-60-44(45)52)29-39-43-34(30-46-39)28-33-8-3-5-10-38(33)47-43)61-42(51)13-7-12-41(50)59-26-24-57-22-20-55-18-16-53-15-17-54-19-21-56-23-25-58-40(49)11-6-4-9-36-14-27-62-63-36/h3,5,8,10,28-29,31,36,46H,2,4,6-7,9,11-27,30,32H2,1H3/b39-29-. The molecular weight excluding hydrogens is 857 g/mol. The zero-order valence-electron chi connectivity index (χ0n) is 36.1. The smallest absolute Gasteiger partial charge is 0.355 e. The lowest BCUT2D eigenvalue weighted by atomic mass is 9.84. The molecule has 0 radical (unpaired) electrons. The predicted octanol–water partition coefficient (Wildman–Crippen LogP) is 5.48. The molecule has 2 atom stereocenters. The molecule has 4 heterocycles. The van der Waals surface area contributed by atoms with Crippen LogP contribution in [-0.2, 0) is 73.1 Å². The zero-order valence-corrected chi connectivity index (χ0v) is 37.7. The topological polar surface area (TPSA) is 193 Å². The van der Waals surface area contributed by atoms with Gasteiger partial charge in [0, 0.05) is 53.3 Å². The highest BCUT2D eigenvalue weighted by Gasteiger charge is 2.49. The average molecular weight is 917 g/mol. The number of esters is 4. The second-order valence-electron chi connectivity index (χ2n) is 14.8. The maximum Gasteiger partial charge on any atom is 0.355 e. The summed E-state index contributed by atoms with van der Waals surface area (Å²) in [5.74, 6) is -0.944. The van der Waals surface area contributed by atoms with Gasteiger partial charge in [0.1, 0.15) is 26.1 Å². The van der Waals surface area contributed by atoms with Crippen LogP contribution in [0.5, 0.6) is 0 Å². The van der Waals surface area contributed by atoms with E-state index in [0.29, 0.717) is 90.1 Å². The molecule has 1 fully saturated rings. The summed E-state index contributed by atoms with van der Waals surface area (Å²) < 4.78 is 48.9. The van der Waals surface area contributed by atoms with Crippen LogP contribution in [0.15, 0.2) is 47.6 Å². The van der Waals surface area contributed by atoms with Gasteiger partial charge in [-0.3, -0.25) is 19.2 Å². The van der Waals surface area contributed by atoms with Crippen molar-refractivity contribution in [3.05, 3.63) is 58.8 Å². The number of para-hydroxylation sites is 1. The first-order valence-corrected chi connectivity index (χ1v) is 24.1. The van der Waals surface area contributed by atoms with E-state index < -0.39 is 23.5 Å². The van der Waals surface area contributed by atoms with Crippen LogP contribution in [0.25, 0.3) is 16.6 Å². The summed E-state index contributed by atoms with van der Waals surface area (Å²) in [5, 5.41) is 5.03. The number of ether oxygens (including phenoxy) is 9. The Labute approximate surface area is 376 Å². The molecular formula is C45H60N2O14S2. The number of unbranched alkanes of at least 4 members (excludes halogenated alkanes) is 1. The van der Waals surface area contributed by atoms with Crippen LogP contribution in [0.4, 0.5) is 0 Å². The quantitative estimate of drug-likeness (QED) is 0.0328. The SMILES string of the molecule is CCC1(OC(=O)CCCC(=O)OCCOCCOCCOCCOCCOCCOC(=O)CCCCC2CCSS2)C(=O)OCC(C=O)=C1/C=C1\NCc2cc3ccccc3nc21. The monoisotopic (exact) mass is 916 g/mol. The molecule has 18 heteroatoms. The number of benzene rings is 1. The summed E-state index contributed by atoms with van der Waals surface area (Å²) in [5.41, 5.74) is 1.58. The van der Waals surface area contributed by atoms with Gasteiger partial charge in [0.15, 0.2) is 0 Å². The van der Waals surface area contributed by atoms with Crippen LogP contribution >= 0.6 is 21.6 Å². The third-order valence-electron chi connectivity index (χ3n) is 10.3. The van der Waals surface area contributed by atoms with Crippen LogP contribution in [0.3, 0.4) is 0 Å². The molecule has 16 nitrogen and oxygen atoms in total. The van der Waals surface area contributed by atoms with Crippen LogP contribution in [0.1, 0.15) is 76.0 Å². The number of pyridine rings is 1. The Morgan fingerprint density at radius 1 is 0.825 bits per heavy atom. The fraction of sp³-hybridized carbons (Fsp3) is 0.600. The van der Waals surface area contributed by atoms with E-state index >= 15 is 0 Å². The minimum atomic E-state index is -1.85. The maximum atomic E-state index is 13.3. The molecule has 0 aliphatic carbocycles. The maximum absolute atomic E-state index is 13.3. The first-order chi connectivity index (χ1) is 30.8. The number of nitrogens with zero attached hydrogens (tertiary/aromatic N) is 1. The lowest BCUT2D eigenvalue weighted by Gasteiger charge is -2.35. The highest BCUT2D eigenvalue weighted by atomic mass is 33.1. The number of aromatic nitrogens is 1. The fourth-order valence-electron chi connectivity index (χ4n) is 6.97. The number of cyclic esters (lactones) is 1. The van der Waals surface area contributed by atoms with Gasteiger partial charge in [-0.25, -0.2) is 9.78 Å². The van der Waals surface area contributed by atoms with Gasteiger partial charge in [0.05, 0.1) is 83.0 Å². The number of carbonyl (C=O) groups is 5. The van der Waals surface area contributed by atoms with E-state index in [1.165, 1.54) is 18.6 Å². The molecule has 0 bridgehead atoms. The molecule has 1 aromatic carbocycles. The molecule has 3 aliphatic heterocycles. The molecule has 2 unspecified atom stereocenters. The molecule has 2 aromatic rings. The second-order valence-corrected chi connectivity index (χ2v) is 17.6. The predicted molar refractivity (Wildman–Crippen MR) is 237 cm³/mol. The number of aldehydes is 1. The molecule has 0 spiro atoms. The summed E-state index contributed by atoms with van der Waals surface area (Å²) in [6.45, 7) is 5.81. The normalized spacial score (nSPS) is 18.9. The minimum Gasteiger partial charge on any atom is -0.463 e. The van der Waals surface area contributed by atoms with Crippen molar-refractivity contribution in [2.45, 2.75) is 82.1 Å². The molecule has 1 aromatic heterocycles. The zero-order chi connectivity index (χ0) is 44.5. The molecule has 1 N–H and O–H groups in total. The van der Waals surface area contributed by atoms with Crippen molar-refractivity contribution >= 4 is 68.4 Å². The van der Waals surface area contributed by atoms with Crippen molar-refractivity contribution in [3.8, 4) is 0 Å². The third kappa shape index (κ3) is 16.5. The van der Waals surface area contributed by atoms with Crippen molar-refractivity contribution in [3.63, 3.8) is 0 Å². The van der Waals surface area contributed by atoms with Crippen molar-refractivity contribution in [2.75, 3.05) is 91.6 Å². The Kier molecular flexibility index (Phi) is 22.2. The van der Waals surface area contributed by atoms with Gasteiger partial charge in [-0.2, -0.15) is 0 Å². The molecule has 5 rings (SSSR count). The Bertz CT molecular complexity index is 1870. The Balaban J connectivity index is 0.844. The van der Waals surface area contributed by atoms with Crippen molar-refractivity contribution in [1.29, 1.82) is 0 Å². The van der Waals surface area contributed by atoms with Gasteiger partial charge < -0.3 is 47.9 Å². The van der Waals surface area contributed by atoms with E-state index in [1.807, 2.05) is 51.9 Å². The van der Waals surface area contributed by atoms with Gasteiger partial charge in [-0.05, 0) is 55.9 Å². The number of hydrogen-bond donors (Lipinski definition) is 1. The molecule has 3 aliphatic rings. The summed E-state index contributed by atoms with van der Waals surface area (Å²) in [4.78, 5) is 67.5. The molecule has 63 heavy (non-hydrogen) atoms. The van der Waals surface area contributed by atoms with E-state index in [2.05, 4.69) is 5.32 Å². The highest BCUT2D eigenvalue weighted by molar-refractivity contribution is 8.77. The van der Waals surface area contributed by atoms with E-state index in [-0.39, 0.29) is 69.2 Å². The number of hydrogen-bond acceptors (Lipinski definition) is 18. The van der Waals surface area contributed by atoms with Gasteiger partial charge >= 0.3 is 23.9 Å². The minimum absolute atomic E-state index is 0.0167. The molecule has 346 valence electrons. The van der Waals surface area contributed by atoms with Crippen molar-refractivity contribution in [2.24, 2.45) is 0 Å². The first-order valence-electron chi connectivity index (χ1n) is 21.7. The summed E-state index contributed by atoms with van der Waals surface area (Å²) in [6.07, 6.45) is 7.01. The van der Waals surface area contributed by atoms with Gasteiger partial charge in [-0.1, -0.05) is 53.1 Å². The van der Waals surface area contributed by atoms with Gasteiger partial charge in [0.2, 0.25) is 5.60 Å². The van der Waals surface area contributed by atoms with Crippen molar-refractivity contribution < 1.29 is 66.6 Å². The van der Waals surface area contributed by atoms with Gasteiger partial charge in [0.25, 0.3) is 0 Å². The second kappa shape index (κ2) is 28.0. The molecule has 0 amide bonds. The lowest BCUT2D eigenvalue weighted by Crippen LogP contribution is -2.49. The number of fused-ring (bicyclic) bond motifs is 2. The number of rotatable bonds is 31. The average Bonchev–Trinajstić information content (AvgIpc) is 3.96. The van der Waals surface area contributed by atoms with Crippen LogP contribution in [-0.4, -0.2) is 138 Å². The third-order valence-corrected chi connectivity index (χ3v) is 13.3.